The van der Waals surface area contributed by atoms with Gasteiger partial charge in [-0.3, -0.25) is 5.10 Å². The molecule has 0 unspecified atom stereocenters. The van der Waals surface area contributed by atoms with E-state index in [1.54, 1.807) is 25.3 Å². The lowest BCUT2D eigenvalue weighted by atomic mass is 10.0. The van der Waals surface area contributed by atoms with Crippen LogP contribution in [0.25, 0.3) is 11.3 Å². The number of aromatic amines is 1. The molecular weight excluding hydrogens is 248 g/mol. The fourth-order valence-corrected chi connectivity index (χ4v) is 2.22. The van der Waals surface area contributed by atoms with E-state index < -0.39 is 5.97 Å². The average Bonchev–Trinajstić information content (AvgIpc) is 2.75. The summed E-state index contributed by atoms with van der Waals surface area (Å²) in [7, 11) is 1.58. The number of aromatic nitrogens is 2. The van der Waals surface area contributed by atoms with Crippen molar-refractivity contribution < 1.29 is 19.4 Å². The van der Waals surface area contributed by atoms with Gasteiger partial charge in [0.2, 0.25) is 0 Å². The highest BCUT2D eigenvalue weighted by Crippen LogP contribution is 2.37. The van der Waals surface area contributed by atoms with Gasteiger partial charge < -0.3 is 14.6 Å². The highest BCUT2D eigenvalue weighted by atomic mass is 16.5. The van der Waals surface area contributed by atoms with Gasteiger partial charge in [-0.05, 0) is 18.2 Å². The SMILES string of the molecule is COc1ccc2c(c1)-c1n[nH]c(C(=O)O)c1CCO2. The lowest BCUT2D eigenvalue weighted by molar-refractivity contribution is 0.0689. The highest BCUT2D eigenvalue weighted by Gasteiger charge is 2.24. The third-order valence-corrected chi connectivity index (χ3v) is 3.13. The maximum Gasteiger partial charge on any atom is 0.354 e. The van der Waals surface area contributed by atoms with Crippen molar-refractivity contribution in [3.05, 3.63) is 29.5 Å². The average molecular weight is 260 g/mol. The van der Waals surface area contributed by atoms with Crippen LogP contribution in [-0.2, 0) is 6.42 Å². The highest BCUT2D eigenvalue weighted by molar-refractivity contribution is 5.90. The molecule has 0 saturated heterocycles. The van der Waals surface area contributed by atoms with Crippen molar-refractivity contribution in [3.8, 4) is 22.8 Å². The molecule has 0 fully saturated rings. The summed E-state index contributed by atoms with van der Waals surface area (Å²) in [5, 5.41) is 15.8. The number of rotatable bonds is 2. The Morgan fingerprint density at radius 3 is 3.11 bits per heavy atom. The quantitative estimate of drug-likeness (QED) is 0.858. The molecule has 0 bridgehead atoms. The van der Waals surface area contributed by atoms with Gasteiger partial charge in [-0.1, -0.05) is 0 Å². The number of fused-ring (bicyclic) bond motifs is 3. The van der Waals surface area contributed by atoms with E-state index in [4.69, 9.17) is 14.6 Å². The minimum absolute atomic E-state index is 0.120. The first-order chi connectivity index (χ1) is 9.20. The summed E-state index contributed by atoms with van der Waals surface area (Å²) in [4.78, 5) is 11.1. The second-order valence-corrected chi connectivity index (χ2v) is 4.19. The molecule has 0 radical (unpaired) electrons. The van der Waals surface area contributed by atoms with Gasteiger partial charge in [-0.15, -0.1) is 0 Å². The van der Waals surface area contributed by atoms with Gasteiger partial charge in [0.1, 0.15) is 22.9 Å². The number of aromatic carboxylic acids is 1. The van der Waals surface area contributed by atoms with Gasteiger partial charge in [-0.2, -0.15) is 5.10 Å². The Kier molecular flexibility index (Phi) is 2.63. The van der Waals surface area contributed by atoms with Crippen molar-refractivity contribution in [3.63, 3.8) is 0 Å². The first-order valence-electron chi connectivity index (χ1n) is 5.82. The van der Waals surface area contributed by atoms with Crippen LogP contribution in [0, 0.1) is 0 Å². The molecule has 6 heteroatoms. The minimum atomic E-state index is -1.01. The van der Waals surface area contributed by atoms with E-state index in [2.05, 4.69) is 10.2 Å². The lowest BCUT2D eigenvalue weighted by Crippen LogP contribution is -2.05. The molecule has 1 aliphatic rings. The zero-order valence-corrected chi connectivity index (χ0v) is 10.3. The summed E-state index contributed by atoms with van der Waals surface area (Å²) in [6.07, 6.45) is 0.504. The smallest absolute Gasteiger partial charge is 0.354 e. The molecule has 0 atom stereocenters. The van der Waals surface area contributed by atoms with E-state index in [1.807, 2.05) is 0 Å². The summed E-state index contributed by atoms with van der Waals surface area (Å²) in [5.41, 5.74) is 2.15. The summed E-state index contributed by atoms with van der Waals surface area (Å²) in [5.74, 6) is 0.346. The summed E-state index contributed by atoms with van der Waals surface area (Å²) >= 11 is 0. The number of nitrogens with zero attached hydrogens (tertiary/aromatic N) is 1. The number of methoxy groups -OCH3 is 1. The molecular formula is C13H12N2O4. The lowest BCUT2D eigenvalue weighted by Gasteiger charge is -2.08. The molecule has 6 nitrogen and oxygen atoms in total. The molecule has 1 aromatic heterocycles. The third kappa shape index (κ3) is 1.81. The fraction of sp³-hybridized carbons (Fsp3) is 0.231. The molecule has 2 heterocycles. The maximum atomic E-state index is 11.1. The van der Waals surface area contributed by atoms with Crippen LogP contribution >= 0.6 is 0 Å². The molecule has 19 heavy (non-hydrogen) atoms. The first kappa shape index (κ1) is 11.6. The van der Waals surface area contributed by atoms with E-state index in [0.29, 0.717) is 35.8 Å². The van der Waals surface area contributed by atoms with Crippen molar-refractivity contribution in [2.75, 3.05) is 13.7 Å². The Bertz CT molecular complexity index is 648. The van der Waals surface area contributed by atoms with Crippen LogP contribution in [0.5, 0.6) is 11.5 Å². The van der Waals surface area contributed by atoms with Crippen molar-refractivity contribution in [2.24, 2.45) is 0 Å². The number of ether oxygens (including phenoxy) is 2. The molecule has 98 valence electrons. The van der Waals surface area contributed by atoms with E-state index in [0.717, 1.165) is 5.56 Å². The number of hydrogen-bond acceptors (Lipinski definition) is 4. The molecule has 0 amide bonds. The monoisotopic (exact) mass is 260 g/mol. The summed E-state index contributed by atoms with van der Waals surface area (Å²) in [6.45, 7) is 0.423. The van der Waals surface area contributed by atoms with Gasteiger partial charge in [0, 0.05) is 17.5 Å². The van der Waals surface area contributed by atoms with Gasteiger partial charge >= 0.3 is 5.97 Å². The third-order valence-electron chi connectivity index (χ3n) is 3.13. The van der Waals surface area contributed by atoms with Crippen LogP contribution < -0.4 is 9.47 Å². The topological polar surface area (TPSA) is 84.4 Å². The van der Waals surface area contributed by atoms with E-state index in [1.165, 1.54) is 0 Å². The van der Waals surface area contributed by atoms with E-state index in [-0.39, 0.29) is 5.69 Å². The van der Waals surface area contributed by atoms with E-state index in [9.17, 15) is 4.79 Å². The second-order valence-electron chi connectivity index (χ2n) is 4.19. The number of hydrogen-bond donors (Lipinski definition) is 2. The summed E-state index contributed by atoms with van der Waals surface area (Å²) < 4.78 is 10.8. The fourth-order valence-electron chi connectivity index (χ4n) is 2.22. The Hall–Kier alpha value is -2.50. The van der Waals surface area contributed by atoms with E-state index >= 15 is 0 Å². The van der Waals surface area contributed by atoms with Gasteiger partial charge in [0.15, 0.2) is 0 Å². The van der Waals surface area contributed by atoms with Crippen LogP contribution in [0.3, 0.4) is 0 Å². The molecule has 2 aromatic rings. The zero-order valence-electron chi connectivity index (χ0n) is 10.3. The number of H-pyrrole nitrogens is 1. The van der Waals surface area contributed by atoms with Crippen molar-refractivity contribution in [2.45, 2.75) is 6.42 Å². The summed E-state index contributed by atoms with van der Waals surface area (Å²) in [6, 6.07) is 5.40. The van der Waals surface area contributed by atoms with Crippen LogP contribution in [-0.4, -0.2) is 35.0 Å². The van der Waals surface area contributed by atoms with Crippen molar-refractivity contribution in [1.82, 2.24) is 10.2 Å². The number of nitrogens with one attached hydrogen (secondary N) is 1. The van der Waals surface area contributed by atoms with Crippen LogP contribution in [0.4, 0.5) is 0 Å². The Labute approximate surface area is 109 Å². The number of benzene rings is 1. The Balaban J connectivity index is 2.21. The normalized spacial score (nSPS) is 12.9. The van der Waals surface area contributed by atoms with Crippen LogP contribution in [0.15, 0.2) is 18.2 Å². The second kappa shape index (κ2) is 4.31. The standard InChI is InChI=1S/C13H12N2O4/c1-18-7-2-3-10-9(6-7)11-8(4-5-19-10)12(13(16)17)15-14-11/h2-3,6H,4-5H2,1H3,(H,14,15)(H,16,17). The van der Waals surface area contributed by atoms with Crippen LogP contribution in [0.1, 0.15) is 16.1 Å². The minimum Gasteiger partial charge on any atom is -0.497 e. The van der Waals surface area contributed by atoms with Gasteiger partial charge in [0.05, 0.1) is 13.7 Å². The number of carboxylic acid groups (broad SMARTS) is 1. The Morgan fingerprint density at radius 1 is 1.53 bits per heavy atom. The van der Waals surface area contributed by atoms with Crippen molar-refractivity contribution in [1.29, 1.82) is 0 Å². The first-order valence-corrected chi connectivity index (χ1v) is 5.82. The molecule has 0 saturated carbocycles. The maximum absolute atomic E-state index is 11.1. The Morgan fingerprint density at radius 2 is 2.37 bits per heavy atom. The molecule has 1 aliphatic heterocycles. The predicted molar refractivity (Wildman–Crippen MR) is 66.7 cm³/mol. The molecule has 1 aromatic carbocycles. The molecule has 3 rings (SSSR count). The molecule has 0 spiro atoms. The van der Waals surface area contributed by atoms with Crippen molar-refractivity contribution >= 4 is 5.97 Å². The number of carboxylic acids is 1. The largest absolute Gasteiger partial charge is 0.497 e. The predicted octanol–water partition coefficient (Wildman–Crippen LogP) is 1.72. The van der Waals surface area contributed by atoms with Crippen LogP contribution in [0.2, 0.25) is 0 Å². The van der Waals surface area contributed by atoms with Gasteiger partial charge in [0.25, 0.3) is 0 Å². The molecule has 0 aliphatic carbocycles. The van der Waals surface area contributed by atoms with Gasteiger partial charge in [-0.25, -0.2) is 4.79 Å². The molecule has 2 N–H and O–H groups in total. The number of carbonyl (C=O) groups is 1. The zero-order chi connectivity index (χ0) is 13.4.